The number of nitrogens with one attached hydrogen (secondary N) is 3. The third-order valence-corrected chi connectivity index (χ3v) is 13.7. The van der Waals surface area contributed by atoms with E-state index in [-0.39, 0.29) is 137 Å². The van der Waals surface area contributed by atoms with Crippen LogP contribution < -0.4 is 79.2 Å². The number of fused-ring (bicyclic) bond motifs is 3. The number of hydrogen-bond acceptors (Lipinski definition) is 14. The first kappa shape index (κ1) is 49.3. The molecule has 0 radical (unpaired) electrons. The van der Waals surface area contributed by atoms with Gasteiger partial charge in [-0.3, -0.25) is 9.52 Å². The number of rotatable bonds is 10. The monoisotopic (exact) mass is 939 g/mol. The standard InChI is InChI=1S/C44H41N5O10S3.2Na/c1-43(2,3)23-44(4,5)24-15-20-31(34(21-24)62(56,57)58)59-32-22-30(46-25-16-18-26(19-17-25)61(53,54)55)36-37-35(27-11-7-8-12-28(27)40(36)50)38(41(45-6)48-39(32)37)42-47-29-13-9-10-14-33(29)60(51,52)49-42;;/h7-22,46H,23H2,1-6H3,(H,45,48)(H,47,49)(H,53,54,55)(H,56,57,58);;/q;2*+1/p-2. The molecule has 0 atom stereocenters. The molecule has 64 heavy (non-hydrogen) atoms. The van der Waals surface area contributed by atoms with Crippen LogP contribution >= 0.6 is 0 Å². The molecule has 0 amide bonds. The van der Waals surface area contributed by atoms with Gasteiger partial charge in [-0.05, 0) is 76.9 Å². The average molecular weight is 940 g/mol. The molecule has 0 bridgehead atoms. The molecule has 0 saturated heterocycles. The summed E-state index contributed by atoms with van der Waals surface area (Å²) < 4.78 is 111. The molecule has 15 nitrogen and oxygen atoms in total. The third-order valence-electron chi connectivity index (χ3n) is 10.6. The van der Waals surface area contributed by atoms with Gasteiger partial charge < -0.3 is 24.5 Å². The first-order chi connectivity index (χ1) is 29.0. The summed E-state index contributed by atoms with van der Waals surface area (Å²) in [6.45, 7) is 10.1. The maximum absolute atomic E-state index is 14.8. The van der Waals surface area contributed by atoms with Gasteiger partial charge in [-0.1, -0.05) is 77.1 Å². The number of anilines is 3. The van der Waals surface area contributed by atoms with E-state index in [4.69, 9.17) is 14.7 Å². The van der Waals surface area contributed by atoms with Crippen LogP contribution in [-0.4, -0.2) is 58.0 Å². The topological polar surface area (TPSA) is 236 Å². The minimum atomic E-state index is -5.17. The van der Waals surface area contributed by atoms with Gasteiger partial charge in [-0.2, -0.15) is 0 Å². The van der Waals surface area contributed by atoms with Gasteiger partial charge in [0, 0.05) is 35.3 Å². The Balaban J connectivity index is 0.00000340. The van der Waals surface area contributed by atoms with E-state index in [0.29, 0.717) is 23.1 Å². The van der Waals surface area contributed by atoms with Crippen molar-refractivity contribution in [2.45, 2.75) is 61.1 Å². The first-order valence-electron chi connectivity index (χ1n) is 19.2. The summed E-state index contributed by atoms with van der Waals surface area (Å²) in [5.41, 5.74) is 1.47. The zero-order chi connectivity index (χ0) is 44.7. The van der Waals surface area contributed by atoms with Crippen molar-refractivity contribution in [2.75, 3.05) is 17.7 Å². The Morgan fingerprint density at radius 2 is 1.41 bits per heavy atom. The summed E-state index contributed by atoms with van der Waals surface area (Å²) in [7, 11) is -12.6. The summed E-state index contributed by atoms with van der Waals surface area (Å²) in [6, 6.07) is 23.4. The number of nitrogens with zero attached hydrogens (tertiary/aromatic N) is 2. The summed E-state index contributed by atoms with van der Waals surface area (Å²) in [4.78, 5) is 23.2. The maximum atomic E-state index is 14.8. The van der Waals surface area contributed by atoms with Crippen LogP contribution in [0.4, 0.5) is 22.9 Å². The maximum Gasteiger partial charge on any atom is 1.00 e. The zero-order valence-electron chi connectivity index (χ0n) is 36.1. The number of aromatic nitrogens is 1. The number of para-hydroxylation sites is 1. The van der Waals surface area contributed by atoms with Crippen molar-refractivity contribution in [1.82, 2.24) is 9.71 Å². The van der Waals surface area contributed by atoms with Crippen molar-refractivity contribution in [3.8, 4) is 22.6 Å². The van der Waals surface area contributed by atoms with Gasteiger partial charge in [0.05, 0.1) is 32.3 Å². The van der Waals surface area contributed by atoms with Crippen LogP contribution in [-0.2, 0) is 35.7 Å². The largest absolute Gasteiger partial charge is 1.00 e. The second-order valence-corrected chi connectivity index (χ2v) is 21.2. The van der Waals surface area contributed by atoms with Crippen molar-refractivity contribution in [2.24, 2.45) is 10.4 Å². The summed E-state index contributed by atoms with van der Waals surface area (Å²) in [5.74, 6) is -0.955. The van der Waals surface area contributed by atoms with E-state index >= 15 is 0 Å². The summed E-state index contributed by atoms with van der Waals surface area (Å²) in [6.07, 6.45) is 0.645. The molecular weight excluding hydrogens is 901 g/mol. The fraction of sp³-hybridized carbons (Fsp3) is 0.205. The molecule has 2 aliphatic rings. The molecule has 6 aromatic rings. The van der Waals surface area contributed by atoms with Gasteiger partial charge in [0.25, 0.3) is 10.0 Å². The molecule has 0 fully saturated rings. The Morgan fingerprint density at radius 3 is 2.03 bits per heavy atom. The molecule has 0 unspecified atom stereocenters. The van der Waals surface area contributed by atoms with Crippen LogP contribution in [0, 0.1) is 5.41 Å². The van der Waals surface area contributed by atoms with Gasteiger partial charge in [0.15, 0.2) is 17.4 Å². The van der Waals surface area contributed by atoms with Crippen molar-refractivity contribution < 1.29 is 103 Å². The third kappa shape index (κ3) is 9.28. The number of aliphatic imine (C=N–C) groups is 1. The number of ether oxygens (including phenoxy) is 1. The normalized spacial score (nSPS) is 14.2. The number of sulfonamides is 1. The number of carbonyl (C=O) groups is 1. The Kier molecular flexibility index (Phi) is 13.5. The minimum Gasteiger partial charge on any atom is -0.744 e. The molecule has 1 aliphatic carbocycles. The molecule has 5 aromatic carbocycles. The fourth-order valence-electron chi connectivity index (χ4n) is 8.36. The van der Waals surface area contributed by atoms with E-state index in [1.54, 1.807) is 55.6 Å². The first-order valence-corrected chi connectivity index (χ1v) is 23.5. The van der Waals surface area contributed by atoms with Gasteiger partial charge in [0.1, 0.15) is 42.2 Å². The van der Waals surface area contributed by atoms with Gasteiger partial charge in [-0.25, -0.2) is 35.2 Å². The van der Waals surface area contributed by atoms with Crippen molar-refractivity contribution >= 4 is 75.7 Å². The van der Waals surface area contributed by atoms with E-state index in [1.807, 2.05) is 13.8 Å². The van der Waals surface area contributed by atoms with Crippen molar-refractivity contribution in [3.05, 3.63) is 119 Å². The van der Waals surface area contributed by atoms with Crippen LogP contribution in [0.2, 0.25) is 0 Å². The molecule has 20 heteroatoms. The quantitative estimate of drug-likeness (QED) is 0.132. The number of pyridine rings is 1. The van der Waals surface area contributed by atoms with Crippen LogP contribution in [0.25, 0.3) is 22.0 Å². The van der Waals surface area contributed by atoms with Crippen LogP contribution in [0.1, 0.15) is 68.1 Å². The smallest absolute Gasteiger partial charge is 0.744 e. The second kappa shape index (κ2) is 17.6. The van der Waals surface area contributed by atoms with Gasteiger partial charge in [0.2, 0.25) is 0 Å². The van der Waals surface area contributed by atoms with E-state index in [9.17, 15) is 39.2 Å². The number of amidine groups is 1. The molecular formula is C44H39N5Na2O10S3. The van der Waals surface area contributed by atoms with E-state index in [0.717, 1.165) is 12.1 Å². The Bertz CT molecular complexity index is 3280. The predicted octanol–water partition coefficient (Wildman–Crippen LogP) is 1.92. The Labute approximate surface area is 415 Å². The van der Waals surface area contributed by atoms with E-state index in [2.05, 4.69) is 36.1 Å². The molecule has 8 rings (SSSR count). The minimum absolute atomic E-state index is 0. The molecule has 0 spiro atoms. The molecule has 0 saturated carbocycles. The van der Waals surface area contributed by atoms with E-state index < -0.39 is 51.2 Å². The summed E-state index contributed by atoms with van der Waals surface area (Å²) >= 11 is 0. The molecule has 3 N–H and O–H groups in total. The molecule has 2 heterocycles. The Morgan fingerprint density at radius 1 is 0.766 bits per heavy atom. The predicted molar refractivity (Wildman–Crippen MR) is 232 cm³/mol. The van der Waals surface area contributed by atoms with Crippen LogP contribution in [0.5, 0.6) is 11.5 Å². The SMILES string of the molecule is CNc1nc2c(Oc3ccc(C(C)(C)CC(C)(C)C)cc3S(=O)(=O)[O-])cc(Nc3ccc(S(=O)(=O)[O-])cc3)c3c2c(c1C1=Nc2ccccc2S(=O)(=O)N1)-c1ccccc1C3=O.[Na+].[Na+]. The number of carbonyl (C=O) groups excluding carboxylic acids is 1. The molecule has 1 aliphatic heterocycles. The Hall–Kier alpha value is -4.18. The number of hydrogen-bond donors (Lipinski definition) is 3. The van der Waals surface area contributed by atoms with Gasteiger partial charge >= 0.3 is 59.1 Å². The zero-order valence-corrected chi connectivity index (χ0v) is 42.6. The molecule has 1 aromatic heterocycles. The van der Waals surface area contributed by atoms with Crippen LogP contribution in [0.3, 0.4) is 0 Å². The molecule has 320 valence electrons. The fourth-order valence-corrected chi connectivity index (χ4v) is 10.6. The average Bonchev–Trinajstić information content (AvgIpc) is 3.18. The van der Waals surface area contributed by atoms with Crippen LogP contribution in [0.15, 0.2) is 117 Å². The van der Waals surface area contributed by atoms with Gasteiger partial charge in [-0.15, -0.1) is 0 Å². The summed E-state index contributed by atoms with van der Waals surface area (Å²) in [5, 5.41) is 6.31. The number of benzene rings is 5. The second-order valence-electron chi connectivity index (χ2n) is 16.8. The van der Waals surface area contributed by atoms with E-state index in [1.165, 1.54) is 36.4 Å². The van der Waals surface area contributed by atoms with Crippen molar-refractivity contribution in [3.63, 3.8) is 0 Å². The van der Waals surface area contributed by atoms with Crippen molar-refractivity contribution in [1.29, 1.82) is 0 Å². The number of ketones is 1.